The highest BCUT2D eigenvalue weighted by atomic mass is 35.5. The molecule has 1 amide bonds. The van der Waals surface area contributed by atoms with Gasteiger partial charge < -0.3 is 11.1 Å². The predicted octanol–water partition coefficient (Wildman–Crippen LogP) is 3.83. The van der Waals surface area contributed by atoms with Crippen LogP contribution in [0.25, 0.3) is 0 Å². The minimum Gasteiger partial charge on any atom is -0.369 e. The quantitative estimate of drug-likeness (QED) is 0.815. The fourth-order valence-electron chi connectivity index (χ4n) is 2.14. The highest BCUT2D eigenvalue weighted by Crippen LogP contribution is 2.33. The molecule has 0 aliphatic carbocycles. The van der Waals surface area contributed by atoms with E-state index in [0.29, 0.717) is 26.9 Å². The van der Waals surface area contributed by atoms with Crippen LogP contribution < -0.4 is 11.1 Å². The molecule has 0 bridgehead atoms. The Morgan fingerprint density at radius 2 is 1.64 bits per heavy atom. The molecule has 6 heteroatoms. The van der Waals surface area contributed by atoms with Crippen LogP contribution in [0.1, 0.15) is 28.9 Å². The number of para-hydroxylation sites is 1. The van der Waals surface area contributed by atoms with E-state index < -0.39 is 11.9 Å². The first-order chi connectivity index (χ1) is 10.4. The molecule has 2 aromatic carbocycles. The molecular weight excluding hydrogens is 323 g/mol. The van der Waals surface area contributed by atoms with Crippen molar-refractivity contribution in [3.8, 4) is 0 Å². The van der Waals surface area contributed by atoms with Gasteiger partial charge in [-0.3, -0.25) is 9.59 Å². The van der Waals surface area contributed by atoms with Gasteiger partial charge in [-0.25, -0.2) is 0 Å². The minimum atomic E-state index is -0.943. The number of anilines is 1. The number of rotatable bonds is 5. The number of Topliss-reactive ketones (excluding diaryl/α,β-unsaturated/α-hetero) is 1. The van der Waals surface area contributed by atoms with Crippen LogP contribution in [-0.2, 0) is 4.79 Å². The van der Waals surface area contributed by atoms with E-state index in [9.17, 15) is 9.59 Å². The lowest BCUT2D eigenvalue weighted by molar-refractivity contribution is -0.118. The average Bonchev–Trinajstić information content (AvgIpc) is 2.46. The zero-order chi connectivity index (χ0) is 16.3. The Kier molecular flexibility index (Phi) is 5.06. The molecule has 0 heterocycles. The molecule has 1 unspecified atom stereocenters. The first kappa shape index (κ1) is 16.3. The number of ketones is 1. The SMILES string of the molecule is CC(=O)c1ccccc1NC(C(N)=O)c1c(Cl)cccc1Cl. The summed E-state index contributed by atoms with van der Waals surface area (Å²) in [6.07, 6.45) is 0. The summed E-state index contributed by atoms with van der Waals surface area (Å²) >= 11 is 12.3. The van der Waals surface area contributed by atoms with E-state index in [-0.39, 0.29) is 5.78 Å². The van der Waals surface area contributed by atoms with Crippen LogP contribution in [-0.4, -0.2) is 11.7 Å². The summed E-state index contributed by atoms with van der Waals surface area (Å²) in [6.45, 7) is 1.45. The van der Waals surface area contributed by atoms with Crippen LogP contribution in [0.15, 0.2) is 42.5 Å². The van der Waals surface area contributed by atoms with Crippen molar-refractivity contribution >= 4 is 40.6 Å². The molecule has 1 atom stereocenters. The number of carbonyl (C=O) groups excluding carboxylic acids is 2. The molecule has 114 valence electrons. The van der Waals surface area contributed by atoms with Crippen LogP contribution in [0, 0.1) is 0 Å². The minimum absolute atomic E-state index is 0.128. The molecule has 4 nitrogen and oxygen atoms in total. The standard InChI is InChI=1S/C16H14Cl2N2O2/c1-9(21)10-5-2-3-8-13(10)20-15(16(19)22)14-11(17)6-4-7-12(14)18/h2-8,15,20H,1H3,(H2,19,22). The number of amides is 1. The first-order valence-corrected chi connectivity index (χ1v) is 7.27. The topological polar surface area (TPSA) is 72.2 Å². The Morgan fingerprint density at radius 1 is 1.05 bits per heavy atom. The van der Waals surface area contributed by atoms with Gasteiger partial charge in [-0.05, 0) is 31.2 Å². The number of hydrogen-bond acceptors (Lipinski definition) is 3. The third-order valence-corrected chi connectivity index (χ3v) is 3.84. The molecule has 3 N–H and O–H groups in total. The normalized spacial score (nSPS) is 11.8. The van der Waals surface area contributed by atoms with Gasteiger partial charge in [-0.2, -0.15) is 0 Å². The first-order valence-electron chi connectivity index (χ1n) is 6.51. The summed E-state index contributed by atoms with van der Waals surface area (Å²) in [7, 11) is 0. The summed E-state index contributed by atoms with van der Waals surface area (Å²) in [6, 6.07) is 10.8. The van der Waals surface area contributed by atoms with Crippen LogP contribution in [0.3, 0.4) is 0 Å². The molecular formula is C16H14Cl2N2O2. The Bertz CT molecular complexity index is 712. The van der Waals surface area contributed by atoms with Crippen LogP contribution in [0.4, 0.5) is 5.69 Å². The second-order valence-electron chi connectivity index (χ2n) is 4.72. The number of nitrogens with two attached hydrogens (primary N) is 1. The number of benzene rings is 2. The molecule has 0 aromatic heterocycles. The van der Waals surface area contributed by atoms with Crippen LogP contribution >= 0.6 is 23.2 Å². The van der Waals surface area contributed by atoms with Crippen LogP contribution in [0.2, 0.25) is 10.0 Å². The van der Waals surface area contributed by atoms with E-state index in [0.717, 1.165) is 0 Å². The second kappa shape index (κ2) is 6.81. The van der Waals surface area contributed by atoms with Crippen molar-refractivity contribution in [2.75, 3.05) is 5.32 Å². The smallest absolute Gasteiger partial charge is 0.244 e. The van der Waals surface area contributed by atoms with E-state index in [1.165, 1.54) is 6.92 Å². The summed E-state index contributed by atoms with van der Waals surface area (Å²) in [4.78, 5) is 23.5. The molecule has 0 fully saturated rings. The third kappa shape index (κ3) is 3.40. The number of carbonyl (C=O) groups is 2. The van der Waals surface area contributed by atoms with Crippen molar-refractivity contribution in [3.63, 3.8) is 0 Å². The van der Waals surface area contributed by atoms with Crippen LogP contribution in [0.5, 0.6) is 0 Å². The van der Waals surface area contributed by atoms with Crippen molar-refractivity contribution in [1.82, 2.24) is 0 Å². The summed E-state index contributed by atoms with van der Waals surface area (Å²) in [5, 5.41) is 3.61. The van der Waals surface area contributed by atoms with E-state index in [1.807, 2.05) is 0 Å². The Labute approximate surface area is 138 Å². The fourth-order valence-corrected chi connectivity index (χ4v) is 2.76. The van der Waals surface area contributed by atoms with Gasteiger partial charge >= 0.3 is 0 Å². The molecule has 2 aromatic rings. The molecule has 0 saturated carbocycles. The Hall–Kier alpha value is -2.04. The maximum absolute atomic E-state index is 11.8. The van der Waals surface area contributed by atoms with E-state index >= 15 is 0 Å². The second-order valence-corrected chi connectivity index (χ2v) is 5.53. The van der Waals surface area contributed by atoms with Crippen molar-refractivity contribution < 1.29 is 9.59 Å². The van der Waals surface area contributed by atoms with Gasteiger partial charge in [0.1, 0.15) is 6.04 Å². The van der Waals surface area contributed by atoms with E-state index in [2.05, 4.69) is 5.32 Å². The monoisotopic (exact) mass is 336 g/mol. The van der Waals surface area contributed by atoms with Gasteiger partial charge in [-0.1, -0.05) is 41.4 Å². The molecule has 0 radical (unpaired) electrons. The lowest BCUT2D eigenvalue weighted by Crippen LogP contribution is -2.28. The summed E-state index contributed by atoms with van der Waals surface area (Å²) < 4.78 is 0. The fraction of sp³-hybridized carbons (Fsp3) is 0.125. The number of nitrogens with one attached hydrogen (secondary N) is 1. The molecule has 22 heavy (non-hydrogen) atoms. The van der Waals surface area contributed by atoms with Gasteiger partial charge in [-0.15, -0.1) is 0 Å². The molecule has 0 aliphatic heterocycles. The van der Waals surface area contributed by atoms with Crippen molar-refractivity contribution in [3.05, 3.63) is 63.6 Å². The highest BCUT2D eigenvalue weighted by molar-refractivity contribution is 6.36. The largest absolute Gasteiger partial charge is 0.369 e. The third-order valence-electron chi connectivity index (χ3n) is 3.18. The lowest BCUT2D eigenvalue weighted by atomic mass is 10.0. The summed E-state index contributed by atoms with van der Waals surface area (Å²) in [5.74, 6) is -0.773. The lowest BCUT2D eigenvalue weighted by Gasteiger charge is -2.21. The Morgan fingerprint density at radius 3 is 2.18 bits per heavy atom. The highest BCUT2D eigenvalue weighted by Gasteiger charge is 2.24. The zero-order valence-corrected chi connectivity index (χ0v) is 13.3. The average molecular weight is 337 g/mol. The number of hydrogen-bond donors (Lipinski definition) is 2. The predicted molar refractivity (Wildman–Crippen MR) is 88.5 cm³/mol. The van der Waals surface area contributed by atoms with Gasteiger partial charge in [0.05, 0.1) is 0 Å². The van der Waals surface area contributed by atoms with Gasteiger partial charge in [0, 0.05) is 26.9 Å². The maximum Gasteiger partial charge on any atom is 0.244 e. The summed E-state index contributed by atoms with van der Waals surface area (Å²) in [5.41, 5.74) is 6.81. The maximum atomic E-state index is 11.8. The molecule has 0 spiro atoms. The van der Waals surface area contributed by atoms with Gasteiger partial charge in [0.25, 0.3) is 0 Å². The number of halogens is 2. The Balaban J connectivity index is 2.48. The van der Waals surface area contributed by atoms with E-state index in [1.54, 1.807) is 42.5 Å². The molecule has 0 saturated heterocycles. The zero-order valence-electron chi connectivity index (χ0n) is 11.8. The van der Waals surface area contributed by atoms with Gasteiger partial charge in [0.2, 0.25) is 5.91 Å². The van der Waals surface area contributed by atoms with E-state index in [4.69, 9.17) is 28.9 Å². The van der Waals surface area contributed by atoms with Crippen molar-refractivity contribution in [1.29, 1.82) is 0 Å². The van der Waals surface area contributed by atoms with Crippen molar-refractivity contribution in [2.24, 2.45) is 5.73 Å². The molecule has 0 aliphatic rings. The van der Waals surface area contributed by atoms with Gasteiger partial charge in [0.15, 0.2) is 5.78 Å². The number of primary amides is 1. The molecule has 2 rings (SSSR count). The van der Waals surface area contributed by atoms with Crippen molar-refractivity contribution in [2.45, 2.75) is 13.0 Å².